The molecular weight excluding hydrogens is 352 g/mol. The van der Waals surface area contributed by atoms with Crippen molar-refractivity contribution in [2.75, 3.05) is 0 Å². The van der Waals surface area contributed by atoms with Gasteiger partial charge in [0.05, 0.1) is 0 Å². The van der Waals surface area contributed by atoms with Crippen LogP contribution in [0.4, 0.5) is 0 Å². The first kappa shape index (κ1) is 30.4. The molecule has 1 aliphatic rings. The third-order valence-corrected chi connectivity index (χ3v) is 4.01. The minimum Gasteiger partial charge on any atom is -0.394 e. The minimum atomic E-state index is -0.167. The molecule has 1 aliphatic carbocycles. The molecule has 0 radical (unpaired) electrons. The van der Waals surface area contributed by atoms with E-state index >= 15 is 0 Å². The molecule has 0 aromatic heterocycles. The van der Waals surface area contributed by atoms with Crippen molar-refractivity contribution < 1.29 is 5.11 Å². The number of hydrogen-bond donors (Lipinski definition) is 1. The molecule has 172 valence electrons. The van der Waals surface area contributed by atoms with Gasteiger partial charge >= 0.3 is 0 Å². The van der Waals surface area contributed by atoms with E-state index in [1.807, 2.05) is 0 Å². The molecule has 1 saturated carbocycles. The quantitative estimate of drug-likeness (QED) is 0.518. The van der Waals surface area contributed by atoms with Crippen LogP contribution in [0.2, 0.25) is 0 Å². The molecule has 0 amide bonds. The molecule has 2 rings (SSSR count). The lowest BCUT2D eigenvalue weighted by Crippen LogP contribution is -2.08. The molecule has 0 spiro atoms. The predicted molar refractivity (Wildman–Crippen MR) is 133 cm³/mol. The van der Waals surface area contributed by atoms with Crippen LogP contribution in [0.5, 0.6) is 0 Å². The Bertz CT molecular complexity index is 444. The Morgan fingerprint density at radius 1 is 0.793 bits per heavy atom. The van der Waals surface area contributed by atoms with Crippen LogP contribution in [0.3, 0.4) is 0 Å². The first-order chi connectivity index (χ1) is 13.2. The number of hydrogen-bond acceptors (Lipinski definition) is 1. The van der Waals surface area contributed by atoms with Gasteiger partial charge < -0.3 is 5.11 Å². The fourth-order valence-electron chi connectivity index (χ4n) is 3.33. The van der Waals surface area contributed by atoms with Crippen molar-refractivity contribution in [3.8, 4) is 0 Å². The Balaban J connectivity index is 0. The molecular formula is C28H54O. The topological polar surface area (TPSA) is 20.2 Å². The third-order valence-electron chi connectivity index (χ3n) is 4.01. The van der Waals surface area contributed by atoms with Crippen molar-refractivity contribution in [1.29, 1.82) is 0 Å². The van der Waals surface area contributed by atoms with Crippen molar-refractivity contribution >= 4 is 0 Å². The molecule has 0 atom stereocenters. The summed E-state index contributed by atoms with van der Waals surface area (Å²) >= 11 is 0. The highest BCUT2D eigenvalue weighted by Crippen LogP contribution is 2.34. The van der Waals surface area contributed by atoms with Gasteiger partial charge in [-0.25, -0.2) is 0 Å². The standard InChI is InChI=1S/C10H14.C8H18.C7H14.C3H8O/c1-9(2)8-10-6-4-3-5-7-10;1-7(2)6-8(3,4)5;1-6(2)5-7-3-4-7;1-3(2)4/h3-7,9H,8H2,1-2H3;7H,6H2,1-5H3;6-7H,3-5H2,1-2H3;3-4H,1-2H3. The van der Waals surface area contributed by atoms with Crippen LogP contribution in [0.15, 0.2) is 30.3 Å². The van der Waals surface area contributed by atoms with Gasteiger partial charge in [0.2, 0.25) is 0 Å². The zero-order valence-electron chi connectivity index (χ0n) is 21.8. The van der Waals surface area contributed by atoms with E-state index in [-0.39, 0.29) is 6.10 Å². The second-order valence-corrected chi connectivity index (χ2v) is 11.4. The number of aliphatic hydroxyl groups excluding tert-OH is 1. The molecule has 0 unspecified atom stereocenters. The summed E-state index contributed by atoms with van der Waals surface area (Å²) in [4.78, 5) is 0. The van der Waals surface area contributed by atoms with Crippen LogP contribution in [-0.4, -0.2) is 11.2 Å². The van der Waals surface area contributed by atoms with Crippen LogP contribution < -0.4 is 0 Å². The molecule has 1 heteroatoms. The smallest absolute Gasteiger partial charge is 0.0483 e. The van der Waals surface area contributed by atoms with Crippen molar-refractivity contribution in [3.05, 3.63) is 35.9 Å². The SMILES string of the molecule is CC(C)CC(C)(C)C.CC(C)CC1CC1.CC(C)Cc1ccccc1.CC(C)O. The van der Waals surface area contributed by atoms with Gasteiger partial charge in [0.15, 0.2) is 0 Å². The fourth-order valence-corrected chi connectivity index (χ4v) is 3.33. The van der Waals surface area contributed by atoms with Crippen molar-refractivity contribution in [1.82, 2.24) is 0 Å². The molecule has 1 aromatic rings. The summed E-state index contributed by atoms with van der Waals surface area (Å²) in [6.45, 7) is 23.9. The Morgan fingerprint density at radius 3 is 1.45 bits per heavy atom. The first-order valence-electron chi connectivity index (χ1n) is 11.9. The van der Waals surface area contributed by atoms with E-state index in [0.29, 0.717) is 5.41 Å². The first-order valence-corrected chi connectivity index (χ1v) is 11.9. The molecule has 0 aliphatic heterocycles. The number of rotatable bonds is 5. The molecule has 1 N–H and O–H groups in total. The Kier molecular flexibility index (Phi) is 17.7. The van der Waals surface area contributed by atoms with Gasteiger partial charge in [-0.15, -0.1) is 0 Å². The van der Waals surface area contributed by atoms with Crippen LogP contribution in [0.1, 0.15) is 107 Å². The molecule has 29 heavy (non-hydrogen) atoms. The maximum atomic E-state index is 8.06. The average Bonchev–Trinajstić information content (AvgIpc) is 3.29. The van der Waals surface area contributed by atoms with E-state index in [9.17, 15) is 0 Å². The lowest BCUT2D eigenvalue weighted by atomic mass is 9.86. The molecule has 0 bridgehead atoms. The Hall–Kier alpha value is -0.820. The van der Waals surface area contributed by atoms with Gasteiger partial charge in [-0.1, -0.05) is 105 Å². The Morgan fingerprint density at radius 2 is 1.24 bits per heavy atom. The van der Waals surface area contributed by atoms with Gasteiger partial charge in [0, 0.05) is 6.10 Å². The molecule has 0 heterocycles. The molecule has 1 aromatic carbocycles. The summed E-state index contributed by atoms with van der Waals surface area (Å²) in [7, 11) is 0. The highest BCUT2D eigenvalue weighted by molar-refractivity contribution is 5.14. The van der Waals surface area contributed by atoms with Crippen LogP contribution in [-0.2, 0) is 6.42 Å². The van der Waals surface area contributed by atoms with E-state index in [2.05, 4.69) is 92.6 Å². The zero-order chi connectivity index (χ0) is 23.0. The normalized spacial score (nSPS) is 13.4. The molecule has 1 nitrogen and oxygen atoms in total. The highest BCUT2D eigenvalue weighted by Gasteiger charge is 2.21. The predicted octanol–water partition coefficient (Wildman–Crippen LogP) is 8.79. The number of aliphatic hydroxyl groups is 1. The van der Waals surface area contributed by atoms with E-state index < -0.39 is 0 Å². The van der Waals surface area contributed by atoms with Crippen molar-refractivity contribution in [2.45, 2.75) is 114 Å². The minimum absolute atomic E-state index is 0.167. The van der Waals surface area contributed by atoms with Gasteiger partial charge in [0.25, 0.3) is 0 Å². The van der Waals surface area contributed by atoms with E-state index in [1.54, 1.807) is 13.8 Å². The second kappa shape index (κ2) is 16.9. The van der Waals surface area contributed by atoms with Crippen molar-refractivity contribution in [3.63, 3.8) is 0 Å². The summed E-state index contributed by atoms with van der Waals surface area (Å²) in [5.41, 5.74) is 1.96. The van der Waals surface area contributed by atoms with Gasteiger partial charge in [0.1, 0.15) is 0 Å². The summed E-state index contributed by atoms with van der Waals surface area (Å²) in [6, 6.07) is 10.6. The monoisotopic (exact) mass is 406 g/mol. The third kappa shape index (κ3) is 32.1. The van der Waals surface area contributed by atoms with Crippen molar-refractivity contribution in [2.24, 2.45) is 29.1 Å². The average molecular weight is 407 g/mol. The zero-order valence-corrected chi connectivity index (χ0v) is 21.8. The van der Waals surface area contributed by atoms with Crippen LogP contribution in [0, 0.1) is 29.1 Å². The number of benzene rings is 1. The van der Waals surface area contributed by atoms with E-state index in [0.717, 1.165) is 23.7 Å². The van der Waals surface area contributed by atoms with Gasteiger partial charge in [-0.3, -0.25) is 0 Å². The maximum Gasteiger partial charge on any atom is 0.0483 e. The van der Waals surface area contributed by atoms with Crippen LogP contribution in [0.25, 0.3) is 0 Å². The van der Waals surface area contributed by atoms with Crippen LogP contribution >= 0.6 is 0 Å². The largest absolute Gasteiger partial charge is 0.394 e. The fraction of sp³-hybridized carbons (Fsp3) is 0.786. The summed E-state index contributed by atoms with van der Waals surface area (Å²) in [5, 5.41) is 8.06. The summed E-state index contributed by atoms with van der Waals surface area (Å²) in [6.07, 6.45) is 6.85. The summed E-state index contributed by atoms with van der Waals surface area (Å²) < 4.78 is 0. The Labute approximate surface area is 184 Å². The van der Waals surface area contributed by atoms with Gasteiger partial charge in [-0.2, -0.15) is 0 Å². The highest BCUT2D eigenvalue weighted by atomic mass is 16.3. The second-order valence-electron chi connectivity index (χ2n) is 11.4. The summed E-state index contributed by atoms with van der Waals surface area (Å²) in [5.74, 6) is 3.67. The maximum absolute atomic E-state index is 8.06. The lowest BCUT2D eigenvalue weighted by molar-refractivity contribution is 0.216. The molecule has 0 saturated heterocycles. The van der Waals surface area contributed by atoms with E-state index in [1.165, 1.54) is 37.7 Å². The van der Waals surface area contributed by atoms with Gasteiger partial charge in [-0.05, 0) is 67.8 Å². The molecule has 1 fully saturated rings. The lowest BCUT2D eigenvalue weighted by Gasteiger charge is -2.19. The van der Waals surface area contributed by atoms with E-state index in [4.69, 9.17) is 5.11 Å².